The minimum absolute atomic E-state index is 0.184. The summed E-state index contributed by atoms with van der Waals surface area (Å²) < 4.78 is 1.93. The number of imidazole rings is 1. The Morgan fingerprint density at radius 3 is 2.88 bits per heavy atom. The summed E-state index contributed by atoms with van der Waals surface area (Å²) >= 11 is 0. The molecule has 24 heavy (non-hydrogen) atoms. The zero-order chi connectivity index (χ0) is 17.3. The number of aromatic nitrogens is 2. The van der Waals surface area contributed by atoms with Crippen LogP contribution in [-0.2, 0) is 11.3 Å². The van der Waals surface area contributed by atoms with Gasteiger partial charge in [0, 0.05) is 25.5 Å². The lowest BCUT2D eigenvalue weighted by Crippen LogP contribution is -2.49. The molecule has 2 amide bonds. The second-order valence-corrected chi connectivity index (χ2v) is 6.64. The maximum absolute atomic E-state index is 12.3. The number of aryl methyl sites for hydroxylation is 1. The number of urea groups is 1. The Bertz CT molecular complexity index is 770. The number of likely N-dealkylation sites (tertiary alicyclic amines) is 1. The molecule has 0 bridgehead atoms. The van der Waals surface area contributed by atoms with Gasteiger partial charge in [-0.3, -0.25) is 4.79 Å². The lowest BCUT2D eigenvalue weighted by molar-refractivity contribution is -0.143. The number of carbonyl (C=O) groups is 2. The van der Waals surface area contributed by atoms with E-state index >= 15 is 0 Å². The number of hydrogen-bond acceptors (Lipinski definition) is 3. The zero-order valence-electron chi connectivity index (χ0n) is 13.9. The molecular formula is C17H22N4O3. The highest BCUT2D eigenvalue weighted by Gasteiger charge is 2.31. The molecule has 1 saturated heterocycles. The van der Waals surface area contributed by atoms with Crippen molar-refractivity contribution >= 4 is 17.6 Å². The highest BCUT2D eigenvalue weighted by Crippen LogP contribution is 2.21. The molecule has 0 saturated carbocycles. The number of nitrogens with one attached hydrogen (secondary N) is 1. The molecule has 128 valence electrons. The topological polar surface area (TPSA) is 86.9 Å². The Balaban J connectivity index is 1.62. The van der Waals surface area contributed by atoms with Gasteiger partial charge in [0.25, 0.3) is 0 Å². The van der Waals surface area contributed by atoms with Crippen molar-refractivity contribution in [3.63, 3.8) is 0 Å². The van der Waals surface area contributed by atoms with Crippen LogP contribution in [0.25, 0.3) is 5.65 Å². The first-order valence-electron chi connectivity index (χ1n) is 8.12. The number of aliphatic carboxylic acids is 1. The molecule has 2 atom stereocenters. The van der Waals surface area contributed by atoms with Gasteiger partial charge in [-0.2, -0.15) is 0 Å². The van der Waals surface area contributed by atoms with Crippen molar-refractivity contribution in [2.45, 2.75) is 26.8 Å². The van der Waals surface area contributed by atoms with Crippen LogP contribution in [0.2, 0.25) is 0 Å². The van der Waals surface area contributed by atoms with E-state index in [1.54, 1.807) is 4.90 Å². The van der Waals surface area contributed by atoms with Gasteiger partial charge < -0.3 is 19.7 Å². The van der Waals surface area contributed by atoms with Gasteiger partial charge in [0.2, 0.25) is 0 Å². The number of hydrogen-bond donors (Lipinski definition) is 2. The van der Waals surface area contributed by atoms with E-state index in [1.165, 1.54) is 0 Å². The van der Waals surface area contributed by atoms with Gasteiger partial charge in [0.05, 0.1) is 18.2 Å². The number of amides is 2. The van der Waals surface area contributed by atoms with Gasteiger partial charge >= 0.3 is 12.0 Å². The van der Waals surface area contributed by atoms with Crippen molar-refractivity contribution < 1.29 is 14.7 Å². The summed E-state index contributed by atoms with van der Waals surface area (Å²) in [7, 11) is 0. The van der Waals surface area contributed by atoms with Crippen LogP contribution in [0.4, 0.5) is 4.79 Å². The second-order valence-electron chi connectivity index (χ2n) is 6.64. The van der Waals surface area contributed by atoms with Gasteiger partial charge in [0.1, 0.15) is 5.65 Å². The summed E-state index contributed by atoms with van der Waals surface area (Å²) in [4.78, 5) is 29.6. The number of rotatable bonds is 3. The first-order valence-corrected chi connectivity index (χ1v) is 8.12. The fourth-order valence-corrected chi connectivity index (χ4v) is 3.22. The molecule has 0 radical (unpaired) electrons. The van der Waals surface area contributed by atoms with Gasteiger partial charge in [-0.25, -0.2) is 9.78 Å². The lowest BCUT2D eigenvalue weighted by atomic mass is 9.91. The van der Waals surface area contributed by atoms with Gasteiger partial charge in [-0.1, -0.05) is 13.0 Å². The third-order valence-electron chi connectivity index (χ3n) is 4.37. The number of nitrogens with zero attached hydrogens (tertiary/aromatic N) is 3. The summed E-state index contributed by atoms with van der Waals surface area (Å²) in [5, 5.41) is 12.0. The molecule has 2 unspecified atom stereocenters. The number of fused-ring (bicyclic) bond motifs is 1. The molecule has 7 heteroatoms. The summed E-state index contributed by atoms with van der Waals surface area (Å²) in [5.41, 5.74) is 2.74. The first-order chi connectivity index (χ1) is 11.4. The van der Waals surface area contributed by atoms with Crippen LogP contribution in [0.15, 0.2) is 24.5 Å². The summed E-state index contributed by atoms with van der Waals surface area (Å²) in [6.07, 6.45) is 4.49. The van der Waals surface area contributed by atoms with E-state index in [1.807, 2.05) is 42.8 Å². The standard InChI is InChI=1S/C17H22N4O3/c1-11-3-4-15-19-14(10-20(15)7-11)6-18-17(24)21-8-12(2)5-13(9-21)16(22)23/h3-4,7,10,12-13H,5-6,8-9H2,1-2H3,(H,18,24)(H,22,23). The van der Waals surface area contributed by atoms with Crippen LogP contribution in [-0.4, -0.2) is 44.5 Å². The number of carboxylic acids is 1. The minimum atomic E-state index is -0.838. The molecule has 3 heterocycles. The van der Waals surface area contributed by atoms with Crippen molar-refractivity contribution in [1.29, 1.82) is 0 Å². The summed E-state index contributed by atoms with van der Waals surface area (Å²) in [6, 6.07) is 3.69. The van der Waals surface area contributed by atoms with Crippen LogP contribution in [0.3, 0.4) is 0 Å². The molecule has 1 aliphatic rings. The SMILES string of the molecule is Cc1ccc2nc(CNC(=O)N3CC(C)CC(C(=O)O)C3)cn2c1. The van der Waals surface area contributed by atoms with Crippen LogP contribution in [0, 0.1) is 18.8 Å². The Morgan fingerprint density at radius 1 is 1.33 bits per heavy atom. The molecule has 0 spiro atoms. The molecule has 1 fully saturated rings. The quantitative estimate of drug-likeness (QED) is 0.900. The Labute approximate surface area is 140 Å². The van der Waals surface area contributed by atoms with E-state index in [-0.39, 0.29) is 18.5 Å². The lowest BCUT2D eigenvalue weighted by Gasteiger charge is -2.34. The first kappa shape index (κ1) is 16.3. The maximum Gasteiger partial charge on any atom is 0.317 e. The smallest absolute Gasteiger partial charge is 0.317 e. The van der Waals surface area contributed by atoms with E-state index in [4.69, 9.17) is 0 Å². The second kappa shape index (κ2) is 6.51. The van der Waals surface area contributed by atoms with Crippen molar-refractivity contribution in [1.82, 2.24) is 19.6 Å². The monoisotopic (exact) mass is 330 g/mol. The molecule has 2 aromatic heterocycles. The Kier molecular flexibility index (Phi) is 4.42. The summed E-state index contributed by atoms with van der Waals surface area (Å²) in [6.45, 7) is 5.15. The minimum Gasteiger partial charge on any atom is -0.481 e. The normalized spacial score (nSPS) is 21.0. The van der Waals surface area contributed by atoms with E-state index in [2.05, 4.69) is 10.3 Å². The predicted octanol–water partition coefficient (Wildman–Crippen LogP) is 1.89. The van der Waals surface area contributed by atoms with Crippen LogP contribution in [0.1, 0.15) is 24.6 Å². The van der Waals surface area contributed by atoms with Gasteiger partial charge in [-0.05, 0) is 30.9 Å². The van der Waals surface area contributed by atoms with Crippen LogP contribution in [0.5, 0.6) is 0 Å². The van der Waals surface area contributed by atoms with E-state index in [0.717, 1.165) is 16.9 Å². The van der Waals surface area contributed by atoms with Crippen LogP contribution >= 0.6 is 0 Å². The molecule has 2 aromatic rings. The van der Waals surface area contributed by atoms with Crippen molar-refractivity contribution in [2.24, 2.45) is 11.8 Å². The summed E-state index contributed by atoms with van der Waals surface area (Å²) in [5.74, 6) is -1.14. The molecule has 3 rings (SSSR count). The van der Waals surface area contributed by atoms with Crippen molar-refractivity contribution in [3.05, 3.63) is 35.8 Å². The molecule has 0 aliphatic carbocycles. The maximum atomic E-state index is 12.3. The fraction of sp³-hybridized carbons (Fsp3) is 0.471. The van der Waals surface area contributed by atoms with Crippen molar-refractivity contribution in [3.8, 4) is 0 Å². The highest BCUT2D eigenvalue weighted by atomic mass is 16.4. The van der Waals surface area contributed by atoms with Crippen LogP contribution < -0.4 is 5.32 Å². The fourth-order valence-electron chi connectivity index (χ4n) is 3.22. The number of carboxylic acid groups (broad SMARTS) is 1. The van der Waals surface area contributed by atoms with E-state index in [9.17, 15) is 14.7 Å². The highest BCUT2D eigenvalue weighted by molar-refractivity contribution is 5.76. The number of piperidine rings is 1. The third-order valence-corrected chi connectivity index (χ3v) is 4.37. The Hall–Kier alpha value is -2.57. The molecule has 0 aromatic carbocycles. The zero-order valence-corrected chi connectivity index (χ0v) is 13.9. The van der Waals surface area contributed by atoms with Crippen molar-refractivity contribution in [2.75, 3.05) is 13.1 Å². The van der Waals surface area contributed by atoms with Gasteiger partial charge in [0.15, 0.2) is 0 Å². The Morgan fingerprint density at radius 2 is 2.12 bits per heavy atom. The molecule has 2 N–H and O–H groups in total. The third kappa shape index (κ3) is 3.50. The van der Waals surface area contributed by atoms with Gasteiger partial charge in [-0.15, -0.1) is 0 Å². The predicted molar refractivity (Wildman–Crippen MR) is 88.6 cm³/mol. The molecular weight excluding hydrogens is 308 g/mol. The van der Waals surface area contributed by atoms with E-state index in [0.29, 0.717) is 19.5 Å². The largest absolute Gasteiger partial charge is 0.481 e. The number of carbonyl (C=O) groups excluding carboxylic acids is 1. The average Bonchev–Trinajstić information content (AvgIpc) is 2.93. The molecule has 7 nitrogen and oxygen atoms in total. The molecule has 1 aliphatic heterocycles. The number of pyridine rings is 1. The average molecular weight is 330 g/mol. The van der Waals surface area contributed by atoms with E-state index < -0.39 is 11.9 Å².